The molecule has 20 heavy (non-hydrogen) atoms. The number of aromatic nitrogens is 4. The van der Waals surface area contributed by atoms with Crippen molar-refractivity contribution in [1.82, 2.24) is 19.6 Å². The van der Waals surface area contributed by atoms with Gasteiger partial charge < -0.3 is 5.11 Å². The van der Waals surface area contributed by atoms with Gasteiger partial charge in [-0.3, -0.25) is 9.36 Å². The third kappa shape index (κ3) is 3.28. The topological polar surface area (TPSA) is 55.9 Å². The Bertz CT molecular complexity index is 544. The fourth-order valence-corrected chi connectivity index (χ4v) is 2.04. The summed E-state index contributed by atoms with van der Waals surface area (Å²) in [7, 11) is 0. The van der Waals surface area contributed by atoms with Crippen LogP contribution < -0.4 is 0 Å². The van der Waals surface area contributed by atoms with Gasteiger partial charge >= 0.3 is 0 Å². The molecule has 0 bridgehead atoms. The molecule has 0 fully saturated rings. The van der Waals surface area contributed by atoms with Crippen LogP contribution in [-0.2, 0) is 6.42 Å². The lowest BCUT2D eigenvalue weighted by Gasteiger charge is -2.09. The first-order chi connectivity index (χ1) is 9.51. The zero-order valence-corrected chi connectivity index (χ0v) is 12.7. The average molecular weight is 276 g/mol. The van der Waals surface area contributed by atoms with Gasteiger partial charge in [-0.05, 0) is 33.3 Å². The zero-order valence-electron chi connectivity index (χ0n) is 12.7. The minimum atomic E-state index is -0.553. The molecular formula is C15H24N4O. The lowest BCUT2D eigenvalue weighted by atomic mass is 10.1. The summed E-state index contributed by atoms with van der Waals surface area (Å²) in [6.45, 7) is 8.41. The van der Waals surface area contributed by atoms with Crippen molar-refractivity contribution in [2.24, 2.45) is 0 Å². The SMILES string of the molecule is CCC(C)n1ccc(CC(O)c2cnn(C(C)C)c2)n1. The molecule has 0 spiro atoms. The van der Waals surface area contributed by atoms with Crippen LogP contribution in [0.3, 0.4) is 0 Å². The Labute approximate surface area is 120 Å². The normalized spacial score (nSPS) is 14.7. The number of aliphatic hydroxyl groups excluding tert-OH is 1. The Morgan fingerprint density at radius 3 is 2.60 bits per heavy atom. The van der Waals surface area contributed by atoms with E-state index >= 15 is 0 Å². The quantitative estimate of drug-likeness (QED) is 0.882. The summed E-state index contributed by atoms with van der Waals surface area (Å²) in [5, 5.41) is 19.0. The van der Waals surface area contributed by atoms with Gasteiger partial charge in [0.15, 0.2) is 0 Å². The van der Waals surface area contributed by atoms with E-state index in [9.17, 15) is 5.11 Å². The maximum absolute atomic E-state index is 10.3. The van der Waals surface area contributed by atoms with E-state index in [-0.39, 0.29) is 0 Å². The molecule has 0 saturated heterocycles. The van der Waals surface area contributed by atoms with Crippen LogP contribution >= 0.6 is 0 Å². The third-order valence-corrected chi connectivity index (χ3v) is 3.64. The molecule has 2 aromatic heterocycles. The van der Waals surface area contributed by atoms with Crippen molar-refractivity contribution >= 4 is 0 Å². The highest BCUT2D eigenvalue weighted by Gasteiger charge is 2.14. The van der Waals surface area contributed by atoms with Gasteiger partial charge in [0.25, 0.3) is 0 Å². The number of rotatable bonds is 6. The second kappa shape index (κ2) is 6.22. The van der Waals surface area contributed by atoms with Gasteiger partial charge in [-0.15, -0.1) is 0 Å². The molecule has 0 aliphatic rings. The second-order valence-electron chi connectivity index (χ2n) is 5.61. The smallest absolute Gasteiger partial charge is 0.0876 e. The lowest BCUT2D eigenvalue weighted by molar-refractivity contribution is 0.176. The van der Waals surface area contributed by atoms with E-state index in [2.05, 4.69) is 37.9 Å². The maximum atomic E-state index is 10.3. The molecular weight excluding hydrogens is 252 g/mol. The second-order valence-corrected chi connectivity index (χ2v) is 5.61. The van der Waals surface area contributed by atoms with Crippen LogP contribution in [0.25, 0.3) is 0 Å². The minimum absolute atomic E-state index is 0.306. The molecule has 2 unspecified atom stereocenters. The Balaban J connectivity index is 2.03. The number of nitrogens with zero attached hydrogens (tertiary/aromatic N) is 4. The summed E-state index contributed by atoms with van der Waals surface area (Å²) in [5.74, 6) is 0. The van der Waals surface area contributed by atoms with Gasteiger partial charge in [0.2, 0.25) is 0 Å². The largest absolute Gasteiger partial charge is 0.388 e. The number of hydrogen-bond acceptors (Lipinski definition) is 3. The lowest BCUT2D eigenvalue weighted by Crippen LogP contribution is -2.07. The highest BCUT2D eigenvalue weighted by Crippen LogP contribution is 2.19. The van der Waals surface area contributed by atoms with Crippen molar-refractivity contribution in [2.75, 3.05) is 0 Å². The Kier molecular flexibility index (Phi) is 4.60. The van der Waals surface area contributed by atoms with Crippen molar-refractivity contribution in [3.63, 3.8) is 0 Å². The molecule has 110 valence electrons. The van der Waals surface area contributed by atoms with Crippen molar-refractivity contribution in [3.05, 3.63) is 35.9 Å². The molecule has 0 aliphatic carbocycles. The molecule has 1 N–H and O–H groups in total. The average Bonchev–Trinajstić information content (AvgIpc) is 3.06. The van der Waals surface area contributed by atoms with Gasteiger partial charge in [-0.25, -0.2) is 0 Å². The van der Waals surface area contributed by atoms with Gasteiger partial charge in [-0.2, -0.15) is 10.2 Å². The van der Waals surface area contributed by atoms with Gasteiger partial charge in [0, 0.05) is 36.5 Å². The molecule has 0 radical (unpaired) electrons. The summed E-state index contributed by atoms with van der Waals surface area (Å²) < 4.78 is 3.82. The maximum Gasteiger partial charge on any atom is 0.0876 e. The summed E-state index contributed by atoms with van der Waals surface area (Å²) >= 11 is 0. The Morgan fingerprint density at radius 2 is 2.00 bits per heavy atom. The van der Waals surface area contributed by atoms with Crippen molar-refractivity contribution in [1.29, 1.82) is 0 Å². The van der Waals surface area contributed by atoms with Crippen molar-refractivity contribution < 1.29 is 5.11 Å². The van der Waals surface area contributed by atoms with E-state index in [1.807, 2.05) is 27.8 Å². The summed E-state index contributed by atoms with van der Waals surface area (Å²) in [5.41, 5.74) is 1.76. The van der Waals surface area contributed by atoms with Crippen LogP contribution in [0.1, 0.15) is 63.6 Å². The molecule has 2 heterocycles. The van der Waals surface area contributed by atoms with E-state index in [0.717, 1.165) is 17.7 Å². The molecule has 2 atom stereocenters. The molecule has 0 amide bonds. The van der Waals surface area contributed by atoms with Gasteiger partial charge in [0.05, 0.1) is 18.0 Å². The van der Waals surface area contributed by atoms with Crippen molar-refractivity contribution in [2.45, 2.75) is 58.7 Å². The van der Waals surface area contributed by atoms with Gasteiger partial charge in [-0.1, -0.05) is 6.92 Å². The molecule has 5 nitrogen and oxygen atoms in total. The molecule has 0 aromatic carbocycles. The summed E-state index contributed by atoms with van der Waals surface area (Å²) in [6, 6.07) is 2.67. The highest BCUT2D eigenvalue weighted by molar-refractivity contribution is 5.12. The van der Waals surface area contributed by atoms with Gasteiger partial charge in [0.1, 0.15) is 0 Å². The highest BCUT2D eigenvalue weighted by atomic mass is 16.3. The number of aliphatic hydroxyl groups is 1. The van der Waals surface area contributed by atoms with E-state index in [1.165, 1.54) is 0 Å². The summed E-state index contributed by atoms with van der Waals surface area (Å²) in [4.78, 5) is 0. The monoisotopic (exact) mass is 276 g/mol. The molecule has 5 heteroatoms. The Hall–Kier alpha value is -1.62. The standard InChI is InChI=1S/C15H24N4O/c1-5-12(4)18-7-6-14(17-18)8-15(20)13-9-16-19(10-13)11(2)3/h6-7,9-12,15,20H,5,8H2,1-4H3. The fraction of sp³-hybridized carbons (Fsp3) is 0.600. The van der Waals surface area contributed by atoms with Crippen LogP contribution in [-0.4, -0.2) is 24.7 Å². The molecule has 0 saturated carbocycles. The van der Waals surface area contributed by atoms with Crippen LogP contribution in [0.4, 0.5) is 0 Å². The first-order valence-corrected chi connectivity index (χ1v) is 7.27. The van der Waals surface area contributed by atoms with E-state index in [0.29, 0.717) is 18.5 Å². The third-order valence-electron chi connectivity index (χ3n) is 3.64. The fourth-order valence-electron chi connectivity index (χ4n) is 2.04. The minimum Gasteiger partial charge on any atom is -0.388 e. The predicted octanol–water partition coefficient (Wildman–Crippen LogP) is 2.91. The predicted molar refractivity (Wildman–Crippen MR) is 78.5 cm³/mol. The first-order valence-electron chi connectivity index (χ1n) is 7.27. The van der Waals surface area contributed by atoms with E-state index in [4.69, 9.17) is 0 Å². The van der Waals surface area contributed by atoms with Crippen LogP contribution in [0.15, 0.2) is 24.7 Å². The first kappa shape index (κ1) is 14.8. The van der Waals surface area contributed by atoms with Crippen LogP contribution in [0, 0.1) is 0 Å². The van der Waals surface area contributed by atoms with Crippen LogP contribution in [0.2, 0.25) is 0 Å². The van der Waals surface area contributed by atoms with E-state index in [1.54, 1.807) is 6.20 Å². The van der Waals surface area contributed by atoms with Crippen molar-refractivity contribution in [3.8, 4) is 0 Å². The zero-order chi connectivity index (χ0) is 14.7. The molecule has 2 aromatic rings. The van der Waals surface area contributed by atoms with Crippen LogP contribution in [0.5, 0.6) is 0 Å². The van der Waals surface area contributed by atoms with E-state index < -0.39 is 6.10 Å². The Morgan fingerprint density at radius 1 is 1.25 bits per heavy atom. The number of hydrogen-bond donors (Lipinski definition) is 1. The summed E-state index contributed by atoms with van der Waals surface area (Å²) in [6.07, 6.45) is 6.63. The molecule has 2 rings (SSSR count). The molecule has 0 aliphatic heterocycles.